The molecule has 0 spiro atoms. The lowest BCUT2D eigenvalue weighted by Gasteiger charge is -2.07. The number of ether oxygens (including phenoxy) is 2. The van der Waals surface area contributed by atoms with Crippen LogP contribution in [0.15, 0.2) is 48.5 Å². The van der Waals surface area contributed by atoms with Gasteiger partial charge in [-0.25, -0.2) is 0 Å². The standard InChI is InChI=1S/C17H16O4/c1-20-13-9-7-12(8-10-13)15(18)11-16(19)14-5-3-4-6-17(14)21-2/h3-10H,11H2,1-2H3. The topological polar surface area (TPSA) is 52.6 Å². The summed E-state index contributed by atoms with van der Waals surface area (Å²) in [7, 11) is 3.06. The first-order valence-corrected chi connectivity index (χ1v) is 6.49. The first kappa shape index (κ1) is 14.8. The average Bonchev–Trinajstić information content (AvgIpc) is 2.54. The number of para-hydroxylation sites is 1. The highest BCUT2D eigenvalue weighted by Gasteiger charge is 2.16. The van der Waals surface area contributed by atoms with Crippen molar-refractivity contribution in [2.45, 2.75) is 6.42 Å². The molecule has 0 amide bonds. The Morgan fingerprint density at radius 2 is 1.52 bits per heavy atom. The quantitative estimate of drug-likeness (QED) is 0.604. The molecule has 0 aliphatic rings. The molecule has 4 nitrogen and oxygen atoms in total. The van der Waals surface area contributed by atoms with Crippen LogP contribution in [0, 0.1) is 0 Å². The second kappa shape index (κ2) is 6.70. The molecule has 0 aliphatic carbocycles. The predicted molar refractivity (Wildman–Crippen MR) is 79.3 cm³/mol. The maximum Gasteiger partial charge on any atom is 0.174 e. The first-order chi connectivity index (χ1) is 10.2. The van der Waals surface area contributed by atoms with Crippen molar-refractivity contribution in [1.29, 1.82) is 0 Å². The molecule has 0 atom stereocenters. The minimum Gasteiger partial charge on any atom is -0.497 e. The largest absolute Gasteiger partial charge is 0.497 e. The number of carbonyl (C=O) groups is 2. The van der Waals surface area contributed by atoms with Gasteiger partial charge >= 0.3 is 0 Å². The highest BCUT2D eigenvalue weighted by molar-refractivity contribution is 6.14. The van der Waals surface area contributed by atoms with E-state index in [2.05, 4.69) is 0 Å². The van der Waals surface area contributed by atoms with E-state index in [1.54, 1.807) is 55.6 Å². The Kier molecular flexibility index (Phi) is 4.72. The molecular formula is C17H16O4. The highest BCUT2D eigenvalue weighted by Crippen LogP contribution is 2.20. The van der Waals surface area contributed by atoms with E-state index in [1.807, 2.05) is 0 Å². The fraction of sp³-hybridized carbons (Fsp3) is 0.176. The van der Waals surface area contributed by atoms with Crippen molar-refractivity contribution >= 4 is 11.6 Å². The Morgan fingerprint density at radius 3 is 2.14 bits per heavy atom. The molecule has 4 heteroatoms. The van der Waals surface area contributed by atoms with Crippen LogP contribution in [0.4, 0.5) is 0 Å². The Bertz CT molecular complexity index is 644. The van der Waals surface area contributed by atoms with Crippen molar-refractivity contribution in [2.75, 3.05) is 14.2 Å². The van der Waals surface area contributed by atoms with Gasteiger partial charge in [0.25, 0.3) is 0 Å². The summed E-state index contributed by atoms with van der Waals surface area (Å²) in [5, 5.41) is 0. The van der Waals surface area contributed by atoms with Gasteiger partial charge in [-0.2, -0.15) is 0 Å². The molecule has 108 valence electrons. The molecular weight excluding hydrogens is 268 g/mol. The van der Waals surface area contributed by atoms with Crippen molar-refractivity contribution in [3.8, 4) is 11.5 Å². The summed E-state index contributed by atoms with van der Waals surface area (Å²) in [5.74, 6) is 0.662. The van der Waals surface area contributed by atoms with Crippen LogP contribution in [-0.2, 0) is 0 Å². The monoisotopic (exact) mass is 284 g/mol. The average molecular weight is 284 g/mol. The second-order valence-corrected chi connectivity index (χ2v) is 4.45. The fourth-order valence-electron chi connectivity index (χ4n) is 2.00. The van der Waals surface area contributed by atoms with Crippen molar-refractivity contribution in [1.82, 2.24) is 0 Å². The van der Waals surface area contributed by atoms with Crippen LogP contribution in [0.2, 0.25) is 0 Å². The predicted octanol–water partition coefficient (Wildman–Crippen LogP) is 3.16. The third kappa shape index (κ3) is 3.48. The maximum absolute atomic E-state index is 12.2. The molecule has 0 fully saturated rings. The SMILES string of the molecule is COc1ccc(C(=O)CC(=O)c2ccccc2OC)cc1. The van der Waals surface area contributed by atoms with Crippen molar-refractivity contribution < 1.29 is 19.1 Å². The normalized spacial score (nSPS) is 10.0. The Balaban J connectivity index is 2.13. The molecule has 0 heterocycles. The molecule has 2 aromatic rings. The molecule has 2 rings (SSSR count). The molecule has 2 aromatic carbocycles. The number of hydrogen-bond donors (Lipinski definition) is 0. The highest BCUT2D eigenvalue weighted by atomic mass is 16.5. The van der Waals surface area contributed by atoms with Gasteiger partial charge in [0.15, 0.2) is 11.6 Å². The molecule has 0 saturated carbocycles. The summed E-state index contributed by atoms with van der Waals surface area (Å²) in [6.07, 6.45) is -0.188. The fourth-order valence-corrected chi connectivity index (χ4v) is 2.00. The van der Waals surface area contributed by atoms with Crippen LogP contribution in [0.25, 0.3) is 0 Å². The van der Waals surface area contributed by atoms with Gasteiger partial charge in [-0.1, -0.05) is 12.1 Å². The van der Waals surface area contributed by atoms with Crippen LogP contribution < -0.4 is 9.47 Å². The Morgan fingerprint density at radius 1 is 0.857 bits per heavy atom. The van der Waals surface area contributed by atoms with Gasteiger partial charge in [-0.3, -0.25) is 9.59 Å². The van der Waals surface area contributed by atoms with Gasteiger partial charge < -0.3 is 9.47 Å². The van der Waals surface area contributed by atoms with Crippen LogP contribution in [0.5, 0.6) is 11.5 Å². The van der Waals surface area contributed by atoms with Gasteiger partial charge in [-0.05, 0) is 36.4 Å². The Labute approximate surface area is 123 Å². The first-order valence-electron chi connectivity index (χ1n) is 6.49. The zero-order valence-corrected chi connectivity index (χ0v) is 12.0. The van der Waals surface area contributed by atoms with E-state index in [-0.39, 0.29) is 18.0 Å². The summed E-state index contributed by atoms with van der Waals surface area (Å²) in [5.41, 5.74) is 0.904. The lowest BCUT2D eigenvalue weighted by molar-refractivity contribution is 0.0893. The number of Topliss-reactive ketones (excluding diaryl/α,β-unsaturated/α-hetero) is 2. The van der Waals surface area contributed by atoms with Gasteiger partial charge in [-0.15, -0.1) is 0 Å². The van der Waals surface area contributed by atoms with Crippen LogP contribution in [0.3, 0.4) is 0 Å². The van der Waals surface area contributed by atoms with Gasteiger partial charge in [0.1, 0.15) is 11.5 Å². The molecule has 0 bridgehead atoms. The Hall–Kier alpha value is -2.62. The van der Waals surface area contributed by atoms with E-state index in [4.69, 9.17) is 9.47 Å². The maximum atomic E-state index is 12.2. The van der Waals surface area contributed by atoms with Crippen molar-refractivity contribution in [2.24, 2.45) is 0 Å². The molecule has 0 radical (unpaired) electrons. The summed E-state index contributed by atoms with van der Waals surface area (Å²) in [4.78, 5) is 24.3. The summed E-state index contributed by atoms with van der Waals surface area (Å²) in [6.45, 7) is 0. The van der Waals surface area contributed by atoms with Crippen LogP contribution in [-0.4, -0.2) is 25.8 Å². The zero-order valence-electron chi connectivity index (χ0n) is 12.0. The molecule has 0 aliphatic heterocycles. The summed E-state index contributed by atoms with van der Waals surface area (Å²) in [6, 6.07) is 13.6. The van der Waals surface area contributed by atoms with Crippen LogP contribution >= 0.6 is 0 Å². The number of benzene rings is 2. The third-order valence-corrected chi connectivity index (χ3v) is 3.14. The number of carbonyl (C=O) groups excluding carboxylic acids is 2. The van der Waals surface area contributed by atoms with E-state index >= 15 is 0 Å². The lowest BCUT2D eigenvalue weighted by Crippen LogP contribution is -2.09. The van der Waals surface area contributed by atoms with E-state index in [9.17, 15) is 9.59 Å². The van der Waals surface area contributed by atoms with E-state index in [1.165, 1.54) is 7.11 Å². The number of methoxy groups -OCH3 is 2. The third-order valence-electron chi connectivity index (χ3n) is 3.14. The summed E-state index contributed by atoms with van der Waals surface area (Å²) < 4.78 is 10.2. The van der Waals surface area contributed by atoms with Gasteiger partial charge in [0.05, 0.1) is 26.2 Å². The van der Waals surface area contributed by atoms with Gasteiger partial charge in [0.2, 0.25) is 0 Å². The van der Waals surface area contributed by atoms with Crippen molar-refractivity contribution in [3.63, 3.8) is 0 Å². The minimum atomic E-state index is -0.256. The summed E-state index contributed by atoms with van der Waals surface area (Å²) >= 11 is 0. The minimum absolute atomic E-state index is 0.188. The van der Waals surface area contributed by atoms with E-state index in [0.29, 0.717) is 22.6 Å². The van der Waals surface area contributed by atoms with Crippen LogP contribution in [0.1, 0.15) is 27.1 Å². The zero-order chi connectivity index (χ0) is 15.2. The molecule has 21 heavy (non-hydrogen) atoms. The molecule has 0 unspecified atom stereocenters. The lowest BCUT2D eigenvalue weighted by atomic mass is 10.0. The second-order valence-electron chi connectivity index (χ2n) is 4.45. The van der Waals surface area contributed by atoms with Crippen molar-refractivity contribution in [3.05, 3.63) is 59.7 Å². The number of hydrogen-bond acceptors (Lipinski definition) is 4. The smallest absolute Gasteiger partial charge is 0.174 e. The van der Waals surface area contributed by atoms with E-state index in [0.717, 1.165) is 0 Å². The molecule has 0 N–H and O–H groups in total. The molecule has 0 saturated heterocycles. The van der Waals surface area contributed by atoms with E-state index < -0.39 is 0 Å². The van der Waals surface area contributed by atoms with Gasteiger partial charge in [0, 0.05) is 5.56 Å². The molecule has 0 aromatic heterocycles. The number of ketones is 2. The number of rotatable bonds is 6.